The van der Waals surface area contributed by atoms with Crippen molar-refractivity contribution in [2.75, 3.05) is 37.7 Å². The molecule has 1 saturated carbocycles. The summed E-state index contributed by atoms with van der Waals surface area (Å²) >= 11 is 6.47. The van der Waals surface area contributed by atoms with Gasteiger partial charge in [0.2, 0.25) is 0 Å². The van der Waals surface area contributed by atoms with Gasteiger partial charge in [-0.3, -0.25) is 14.5 Å². The molecule has 9 nitrogen and oxygen atoms in total. The molecule has 35 heavy (non-hydrogen) atoms. The minimum Gasteiger partial charge on any atom is -0.366 e. The molecular formula is C25H31ClN6O3. The van der Waals surface area contributed by atoms with Crippen LogP contribution in [0.25, 0.3) is 5.69 Å². The van der Waals surface area contributed by atoms with Crippen molar-refractivity contribution in [3.8, 4) is 5.69 Å². The molecule has 2 saturated heterocycles. The van der Waals surface area contributed by atoms with Crippen molar-refractivity contribution in [3.05, 3.63) is 51.9 Å². The summed E-state index contributed by atoms with van der Waals surface area (Å²) in [6.45, 7) is 6.89. The molecule has 3 fully saturated rings. The SMILES string of the molecule is CC1CCCC(C)C12NC(=O)N(CN1CCN(c3cnn(-c4ccccc4)c(=O)c3Cl)CC1)C2=O. The zero-order valence-corrected chi connectivity index (χ0v) is 20.9. The highest BCUT2D eigenvalue weighted by atomic mass is 35.5. The highest BCUT2D eigenvalue weighted by molar-refractivity contribution is 6.33. The van der Waals surface area contributed by atoms with Crippen LogP contribution in [-0.4, -0.2) is 69.9 Å². The van der Waals surface area contributed by atoms with Crippen molar-refractivity contribution in [1.82, 2.24) is 24.9 Å². The third-order valence-electron chi connectivity index (χ3n) is 7.94. The lowest BCUT2D eigenvalue weighted by atomic mass is 9.67. The number of nitrogens with zero attached hydrogens (tertiary/aromatic N) is 5. The number of hydrogen-bond donors (Lipinski definition) is 1. The summed E-state index contributed by atoms with van der Waals surface area (Å²) in [5, 5.41) is 7.52. The van der Waals surface area contributed by atoms with Crippen LogP contribution in [0, 0.1) is 11.8 Å². The number of benzene rings is 1. The number of rotatable bonds is 4. The second kappa shape index (κ2) is 9.28. The minimum absolute atomic E-state index is 0.0959. The van der Waals surface area contributed by atoms with E-state index in [0.717, 1.165) is 19.3 Å². The van der Waals surface area contributed by atoms with Gasteiger partial charge in [0.15, 0.2) is 0 Å². The van der Waals surface area contributed by atoms with Crippen molar-refractivity contribution in [2.24, 2.45) is 11.8 Å². The minimum atomic E-state index is -0.779. The van der Waals surface area contributed by atoms with Gasteiger partial charge in [-0.2, -0.15) is 9.78 Å². The lowest BCUT2D eigenvalue weighted by Gasteiger charge is -2.42. The number of halogens is 1. The number of carbonyl (C=O) groups excluding carboxylic acids is 2. The molecule has 1 spiro atoms. The molecule has 3 heterocycles. The number of urea groups is 1. The van der Waals surface area contributed by atoms with Crippen molar-refractivity contribution in [1.29, 1.82) is 0 Å². The Morgan fingerprint density at radius 1 is 1.03 bits per heavy atom. The summed E-state index contributed by atoms with van der Waals surface area (Å²) in [6.07, 6.45) is 4.60. The predicted octanol–water partition coefficient (Wildman–Crippen LogP) is 2.71. The van der Waals surface area contributed by atoms with Crippen LogP contribution < -0.4 is 15.8 Å². The van der Waals surface area contributed by atoms with Crippen molar-refractivity contribution >= 4 is 29.2 Å². The van der Waals surface area contributed by atoms with E-state index in [0.29, 0.717) is 37.6 Å². The first-order chi connectivity index (χ1) is 16.8. The standard InChI is InChI=1S/C25H31ClN6O3/c1-17-7-6-8-18(2)25(17)23(34)31(24(35)28-25)16-29-11-13-30(14-12-29)20-15-27-32(22(33)21(20)26)19-9-4-3-5-10-19/h3-5,9-10,15,17-18H,6-8,11-14,16H2,1-2H3,(H,28,35). The van der Waals surface area contributed by atoms with Crippen molar-refractivity contribution in [2.45, 2.75) is 38.6 Å². The average molecular weight is 499 g/mol. The van der Waals surface area contributed by atoms with Crippen LogP contribution in [0.3, 0.4) is 0 Å². The van der Waals surface area contributed by atoms with Crippen LogP contribution >= 0.6 is 11.6 Å². The Balaban J connectivity index is 1.25. The summed E-state index contributed by atoms with van der Waals surface area (Å²) in [5.74, 6) is 0.149. The molecule has 2 unspecified atom stereocenters. The molecule has 3 amide bonds. The average Bonchev–Trinajstić information content (AvgIpc) is 3.11. The molecule has 1 aliphatic carbocycles. The first-order valence-corrected chi connectivity index (χ1v) is 12.7. The number of anilines is 1. The smallest absolute Gasteiger partial charge is 0.326 e. The number of para-hydroxylation sites is 1. The van der Waals surface area contributed by atoms with Gasteiger partial charge in [-0.25, -0.2) is 9.69 Å². The lowest BCUT2D eigenvalue weighted by molar-refractivity contribution is -0.138. The van der Waals surface area contributed by atoms with Gasteiger partial charge >= 0.3 is 6.03 Å². The van der Waals surface area contributed by atoms with Gasteiger partial charge in [-0.1, -0.05) is 50.1 Å². The van der Waals surface area contributed by atoms with Gasteiger partial charge in [0.05, 0.1) is 24.2 Å². The normalized spacial score (nSPS) is 27.5. The van der Waals surface area contributed by atoms with Crippen LogP contribution in [0.1, 0.15) is 33.1 Å². The topological polar surface area (TPSA) is 90.8 Å². The maximum Gasteiger partial charge on any atom is 0.326 e. The van der Waals surface area contributed by atoms with E-state index in [1.165, 1.54) is 9.58 Å². The predicted molar refractivity (Wildman–Crippen MR) is 134 cm³/mol. The molecule has 1 aromatic carbocycles. The lowest BCUT2D eigenvalue weighted by Crippen LogP contribution is -2.59. The maximum atomic E-state index is 13.4. The number of piperazine rings is 1. The first kappa shape index (κ1) is 23.8. The molecule has 2 aromatic rings. The molecule has 5 rings (SSSR count). The van der Waals surface area contributed by atoms with Crippen LogP contribution in [0.2, 0.25) is 5.02 Å². The van der Waals surface area contributed by atoms with E-state index in [9.17, 15) is 14.4 Å². The molecule has 1 N–H and O–H groups in total. The Morgan fingerprint density at radius 3 is 2.34 bits per heavy atom. The molecular weight excluding hydrogens is 468 g/mol. The van der Waals surface area contributed by atoms with Crippen molar-refractivity contribution in [3.63, 3.8) is 0 Å². The van der Waals surface area contributed by atoms with Crippen LogP contribution in [0.5, 0.6) is 0 Å². The van der Waals surface area contributed by atoms with Crippen LogP contribution in [0.4, 0.5) is 10.5 Å². The maximum absolute atomic E-state index is 13.4. The summed E-state index contributed by atoms with van der Waals surface area (Å²) in [7, 11) is 0. The summed E-state index contributed by atoms with van der Waals surface area (Å²) in [6, 6.07) is 8.87. The van der Waals surface area contributed by atoms with E-state index < -0.39 is 5.54 Å². The molecule has 1 aromatic heterocycles. The van der Waals surface area contributed by atoms with Crippen LogP contribution in [-0.2, 0) is 4.79 Å². The number of imide groups is 1. The van der Waals surface area contributed by atoms with E-state index in [2.05, 4.69) is 29.2 Å². The first-order valence-electron chi connectivity index (χ1n) is 12.3. The monoisotopic (exact) mass is 498 g/mol. The molecule has 2 aliphatic heterocycles. The summed E-state index contributed by atoms with van der Waals surface area (Å²) in [5.41, 5.74) is 0.114. The third-order valence-corrected chi connectivity index (χ3v) is 8.30. The van der Waals surface area contributed by atoms with E-state index in [1.807, 2.05) is 23.1 Å². The third kappa shape index (κ3) is 4.00. The van der Waals surface area contributed by atoms with Gasteiger partial charge < -0.3 is 10.2 Å². The van der Waals surface area contributed by atoms with Crippen molar-refractivity contribution < 1.29 is 9.59 Å². The quantitative estimate of drug-likeness (QED) is 0.652. The Kier molecular flexibility index (Phi) is 6.31. The summed E-state index contributed by atoms with van der Waals surface area (Å²) in [4.78, 5) is 44.6. The largest absolute Gasteiger partial charge is 0.366 e. The molecule has 3 aliphatic rings. The summed E-state index contributed by atoms with van der Waals surface area (Å²) < 4.78 is 1.29. The Bertz CT molecular complexity index is 1170. The van der Waals surface area contributed by atoms with Gasteiger partial charge in [0.1, 0.15) is 10.6 Å². The number of carbonyl (C=O) groups is 2. The molecule has 186 valence electrons. The Labute approximate surface area is 209 Å². The van der Waals surface area contributed by atoms with Crippen LogP contribution in [0.15, 0.2) is 41.3 Å². The highest BCUT2D eigenvalue weighted by Gasteiger charge is 2.58. The van der Waals surface area contributed by atoms with Gasteiger partial charge in [-0.05, 0) is 36.8 Å². The fourth-order valence-electron chi connectivity index (χ4n) is 5.81. The van der Waals surface area contributed by atoms with E-state index in [1.54, 1.807) is 18.3 Å². The molecule has 2 atom stereocenters. The van der Waals surface area contributed by atoms with E-state index >= 15 is 0 Å². The number of hydrogen-bond acceptors (Lipinski definition) is 6. The molecule has 10 heteroatoms. The fraction of sp³-hybridized carbons (Fsp3) is 0.520. The number of amides is 3. The molecule has 0 radical (unpaired) electrons. The zero-order valence-electron chi connectivity index (χ0n) is 20.1. The second-order valence-corrected chi connectivity index (χ2v) is 10.3. The zero-order chi connectivity index (χ0) is 24.7. The molecule has 0 bridgehead atoms. The van der Waals surface area contributed by atoms with E-state index in [-0.39, 0.29) is 41.0 Å². The van der Waals surface area contributed by atoms with E-state index in [4.69, 9.17) is 11.6 Å². The van der Waals surface area contributed by atoms with Gasteiger partial charge in [0, 0.05) is 26.2 Å². The van der Waals surface area contributed by atoms with Gasteiger partial charge in [0.25, 0.3) is 11.5 Å². The number of aromatic nitrogens is 2. The second-order valence-electron chi connectivity index (χ2n) is 9.91. The Morgan fingerprint density at radius 2 is 1.69 bits per heavy atom. The fourth-order valence-corrected chi connectivity index (χ4v) is 6.06. The number of nitrogens with one attached hydrogen (secondary N) is 1. The van der Waals surface area contributed by atoms with Gasteiger partial charge in [-0.15, -0.1) is 0 Å². The highest BCUT2D eigenvalue weighted by Crippen LogP contribution is 2.42. The Hall–Kier alpha value is -2.91.